The van der Waals surface area contributed by atoms with E-state index in [-0.39, 0.29) is 0 Å². The SMILES string of the molecule is Cc1nc(N=NC(N=Nc2ccccc2)c2ccccc2)sc1C. The molecule has 5 nitrogen and oxygen atoms in total. The number of aryl methyl sites for hydroxylation is 2. The molecule has 6 heteroatoms. The molecule has 120 valence electrons. The Hall–Kier alpha value is -2.73. The minimum atomic E-state index is -0.490. The van der Waals surface area contributed by atoms with Crippen LogP contribution < -0.4 is 0 Å². The lowest BCUT2D eigenvalue weighted by atomic mass is 10.2. The second-order valence-electron chi connectivity index (χ2n) is 5.19. The molecule has 3 aromatic rings. The summed E-state index contributed by atoms with van der Waals surface area (Å²) in [7, 11) is 0. The lowest BCUT2D eigenvalue weighted by molar-refractivity contribution is 0.688. The maximum absolute atomic E-state index is 4.38. The monoisotopic (exact) mass is 335 g/mol. The molecule has 1 atom stereocenters. The van der Waals surface area contributed by atoms with Crippen molar-refractivity contribution in [3.63, 3.8) is 0 Å². The van der Waals surface area contributed by atoms with Crippen LogP contribution in [0, 0.1) is 13.8 Å². The summed E-state index contributed by atoms with van der Waals surface area (Å²) in [5, 5.41) is 17.9. The van der Waals surface area contributed by atoms with Crippen molar-refractivity contribution in [2.45, 2.75) is 20.0 Å². The molecular weight excluding hydrogens is 318 g/mol. The Balaban J connectivity index is 1.86. The topological polar surface area (TPSA) is 62.3 Å². The summed E-state index contributed by atoms with van der Waals surface area (Å²) >= 11 is 1.52. The van der Waals surface area contributed by atoms with Gasteiger partial charge >= 0.3 is 0 Å². The van der Waals surface area contributed by atoms with Crippen LogP contribution in [-0.2, 0) is 0 Å². The zero-order valence-corrected chi connectivity index (χ0v) is 14.3. The summed E-state index contributed by atoms with van der Waals surface area (Å²) < 4.78 is 0. The van der Waals surface area contributed by atoms with Crippen LogP contribution in [-0.4, -0.2) is 4.98 Å². The van der Waals surface area contributed by atoms with Crippen LogP contribution >= 0.6 is 11.3 Å². The summed E-state index contributed by atoms with van der Waals surface area (Å²) in [6.45, 7) is 3.99. The fourth-order valence-corrected chi connectivity index (χ4v) is 2.74. The quantitative estimate of drug-likeness (QED) is 0.503. The minimum absolute atomic E-state index is 0.490. The van der Waals surface area contributed by atoms with Crippen LogP contribution in [0.3, 0.4) is 0 Å². The third kappa shape index (κ3) is 4.17. The molecule has 0 aliphatic heterocycles. The van der Waals surface area contributed by atoms with Crippen LogP contribution in [0.15, 0.2) is 81.1 Å². The first-order valence-electron chi connectivity index (χ1n) is 7.58. The van der Waals surface area contributed by atoms with Gasteiger partial charge in [-0.3, -0.25) is 0 Å². The van der Waals surface area contributed by atoms with E-state index in [2.05, 4.69) is 25.4 Å². The van der Waals surface area contributed by atoms with Crippen molar-refractivity contribution in [1.82, 2.24) is 4.98 Å². The normalized spacial score (nSPS) is 12.9. The summed E-state index contributed by atoms with van der Waals surface area (Å²) in [6.07, 6.45) is -0.490. The van der Waals surface area contributed by atoms with Crippen molar-refractivity contribution < 1.29 is 0 Å². The zero-order valence-electron chi connectivity index (χ0n) is 13.5. The molecule has 0 spiro atoms. The molecule has 0 radical (unpaired) electrons. The first-order chi connectivity index (χ1) is 11.7. The second kappa shape index (κ2) is 7.70. The Bertz CT molecular complexity index is 821. The molecule has 0 amide bonds. The van der Waals surface area contributed by atoms with E-state index in [1.807, 2.05) is 74.5 Å². The van der Waals surface area contributed by atoms with Gasteiger partial charge in [-0.05, 0) is 26.0 Å². The van der Waals surface area contributed by atoms with Gasteiger partial charge in [-0.2, -0.15) is 15.3 Å². The van der Waals surface area contributed by atoms with Gasteiger partial charge < -0.3 is 0 Å². The highest BCUT2D eigenvalue weighted by Gasteiger charge is 2.09. The second-order valence-corrected chi connectivity index (χ2v) is 6.37. The van der Waals surface area contributed by atoms with Crippen LogP contribution in [0.4, 0.5) is 10.8 Å². The van der Waals surface area contributed by atoms with Crippen molar-refractivity contribution in [2.75, 3.05) is 0 Å². The minimum Gasteiger partial charge on any atom is -0.222 e. The van der Waals surface area contributed by atoms with Gasteiger partial charge in [-0.1, -0.05) is 59.9 Å². The van der Waals surface area contributed by atoms with Crippen molar-refractivity contribution in [3.8, 4) is 0 Å². The summed E-state index contributed by atoms with van der Waals surface area (Å²) in [6, 6.07) is 19.4. The van der Waals surface area contributed by atoms with Crippen LogP contribution in [0.2, 0.25) is 0 Å². The Morgan fingerprint density at radius 2 is 1.46 bits per heavy atom. The highest BCUT2D eigenvalue weighted by Crippen LogP contribution is 2.28. The fraction of sp³-hybridized carbons (Fsp3) is 0.167. The van der Waals surface area contributed by atoms with Gasteiger partial charge in [0.1, 0.15) is 0 Å². The van der Waals surface area contributed by atoms with Gasteiger partial charge in [-0.15, -0.1) is 5.11 Å². The Morgan fingerprint density at radius 1 is 0.833 bits per heavy atom. The van der Waals surface area contributed by atoms with Gasteiger partial charge in [-0.25, -0.2) is 4.98 Å². The molecule has 0 fully saturated rings. The van der Waals surface area contributed by atoms with Crippen molar-refractivity contribution in [3.05, 3.63) is 76.8 Å². The molecular formula is C18H17N5S. The van der Waals surface area contributed by atoms with E-state index in [0.29, 0.717) is 5.13 Å². The zero-order chi connectivity index (χ0) is 16.8. The van der Waals surface area contributed by atoms with Crippen LogP contribution in [0.25, 0.3) is 0 Å². The van der Waals surface area contributed by atoms with E-state index < -0.39 is 6.17 Å². The highest BCUT2D eigenvalue weighted by atomic mass is 32.1. The molecule has 1 heterocycles. The molecule has 1 unspecified atom stereocenters. The lowest BCUT2D eigenvalue weighted by Gasteiger charge is -2.04. The Morgan fingerprint density at radius 3 is 2.08 bits per heavy atom. The Labute approximate surface area is 144 Å². The standard InChI is InChI=1S/C18H17N5S/c1-13-14(2)24-18(19-13)23-22-17(15-9-5-3-6-10-15)21-20-16-11-7-4-8-12-16/h3-12,17H,1-2H3. The average Bonchev–Trinajstić information content (AvgIpc) is 2.94. The number of nitrogens with zero attached hydrogens (tertiary/aromatic N) is 5. The van der Waals surface area contributed by atoms with Crippen molar-refractivity contribution in [1.29, 1.82) is 0 Å². The number of thiazole rings is 1. The molecule has 0 saturated carbocycles. The maximum atomic E-state index is 4.38. The predicted octanol–water partition coefficient (Wildman–Crippen LogP) is 6.33. The molecule has 1 aromatic heterocycles. The number of aromatic nitrogens is 1. The van der Waals surface area contributed by atoms with Gasteiger partial charge in [0.05, 0.1) is 11.4 Å². The lowest BCUT2D eigenvalue weighted by Crippen LogP contribution is -1.89. The largest absolute Gasteiger partial charge is 0.230 e. The highest BCUT2D eigenvalue weighted by molar-refractivity contribution is 7.15. The number of hydrogen-bond donors (Lipinski definition) is 0. The van der Waals surface area contributed by atoms with E-state index in [1.54, 1.807) is 0 Å². The first-order valence-corrected chi connectivity index (χ1v) is 8.40. The number of benzene rings is 2. The average molecular weight is 335 g/mol. The van der Waals surface area contributed by atoms with Crippen molar-refractivity contribution >= 4 is 22.2 Å². The van der Waals surface area contributed by atoms with E-state index in [9.17, 15) is 0 Å². The summed E-state index contributed by atoms with van der Waals surface area (Å²) in [5.41, 5.74) is 2.71. The molecule has 0 aliphatic carbocycles. The van der Waals surface area contributed by atoms with E-state index in [1.165, 1.54) is 11.3 Å². The third-order valence-electron chi connectivity index (χ3n) is 3.41. The molecule has 24 heavy (non-hydrogen) atoms. The van der Waals surface area contributed by atoms with E-state index in [4.69, 9.17) is 0 Å². The number of hydrogen-bond acceptors (Lipinski definition) is 6. The molecule has 3 rings (SSSR count). The van der Waals surface area contributed by atoms with Gasteiger partial charge in [0.2, 0.25) is 11.3 Å². The molecule has 0 aliphatic rings. The van der Waals surface area contributed by atoms with E-state index >= 15 is 0 Å². The number of azo groups is 2. The van der Waals surface area contributed by atoms with E-state index in [0.717, 1.165) is 21.8 Å². The Kier molecular flexibility index (Phi) is 5.18. The van der Waals surface area contributed by atoms with Gasteiger partial charge in [0, 0.05) is 10.4 Å². The van der Waals surface area contributed by atoms with Gasteiger partial charge in [0.15, 0.2) is 0 Å². The molecule has 0 saturated heterocycles. The van der Waals surface area contributed by atoms with Crippen LogP contribution in [0.1, 0.15) is 22.3 Å². The summed E-state index contributed by atoms with van der Waals surface area (Å²) in [4.78, 5) is 5.52. The molecule has 0 N–H and O–H groups in total. The summed E-state index contributed by atoms with van der Waals surface area (Å²) in [5.74, 6) is 0. The smallest absolute Gasteiger partial charge is 0.222 e. The van der Waals surface area contributed by atoms with Gasteiger partial charge in [0.25, 0.3) is 0 Å². The maximum Gasteiger partial charge on any atom is 0.230 e. The molecule has 0 bridgehead atoms. The molecule has 2 aromatic carbocycles. The fourth-order valence-electron chi connectivity index (χ4n) is 2.00. The number of rotatable bonds is 5. The van der Waals surface area contributed by atoms with Crippen LogP contribution in [0.5, 0.6) is 0 Å². The van der Waals surface area contributed by atoms with Crippen molar-refractivity contribution in [2.24, 2.45) is 20.5 Å². The predicted molar refractivity (Wildman–Crippen MR) is 96.2 cm³/mol. The first kappa shape index (κ1) is 16.1. The third-order valence-corrected chi connectivity index (χ3v) is 4.36.